The molecule has 0 saturated carbocycles. The van der Waals surface area contributed by atoms with E-state index in [-0.39, 0.29) is 5.97 Å². The zero-order valence-corrected chi connectivity index (χ0v) is 14.4. The molecule has 0 aromatic rings. The predicted molar refractivity (Wildman–Crippen MR) is 91.5 cm³/mol. The van der Waals surface area contributed by atoms with Crippen LogP contribution in [0.3, 0.4) is 0 Å². The van der Waals surface area contributed by atoms with Crippen LogP contribution in [-0.4, -0.2) is 12.6 Å². The highest BCUT2D eigenvalue weighted by atomic mass is 16.5. The van der Waals surface area contributed by atoms with Crippen LogP contribution in [0.2, 0.25) is 0 Å². The number of carbonyl (C=O) groups is 1. The Morgan fingerprint density at radius 2 is 1.24 bits per heavy atom. The molecule has 0 fully saturated rings. The molecule has 0 N–H and O–H groups in total. The third kappa shape index (κ3) is 19.2. The quantitative estimate of drug-likeness (QED) is 0.204. The summed E-state index contributed by atoms with van der Waals surface area (Å²) in [5.41, 5.74) is 0. The lowest BCUT2D eigenvalue weighted by molar-refractivity contribution is -0.141. The van der Waals surface area contributed by atoms with Gasteiger partial charge in [-0.3, -0.25) is 4.79 Å². The first-order valence-electron chi connectivity index (χ1n) is 9.05. The number of ether oxygens (including phenoxy) is 1. The van der Waals surface area contributed by atoms with E-state index < -0.39 is 0 Å². The normalized spacial score (nSPS) is 11.1. The van der Waals surface area contributed by atoms with Gasteiger partial charge in [-0.1, -0.05) is 76.9 Å². The van der Waals surface area contributed by atoms with E-state index in [1.807, 2.05) is 0 Å². The van der Waals surface area contributed by atoms with E-state index in [1.54, 1.807) is 0 Å². The monoisotopic (exact) mass is 296 g/mol. The van der Waals surface area contributed by atoms with Crippen LogP contribution in [0.5, 0.6) is 0 Å². The standard InChI is InChI=1S/C19H36O2/c1-3-4-5-6-7-8-9-10-11-12-13-14-15-16-17-18-21-19(2)20/h6-7H,3-5,8-18H2,1-2H3/b7-6+. The second kappa shape index (κ2) is 17.3. The summed E-state index contributed by atoms with van der Waals surface area (Å²) in [4.78, 5) is 10.6. The van der Waals surface area contributed by atoms with E-state index >= 15 is 0 Å². The number of hydrogen-bond acceptors (Lipinski definition) is 2. The fraction of sp³-hybridized carbons (Fsp3) is 0.842. The van der Waals surface area contributed by atoms with Crippen LogP contribution < -0.4 is 0 Å². The zero-order valence-electron chi connectivity index (χ0n) is 14.4. The Hall–Kier alpha value is -0.790. The molecule has 0 radical (unpaired) electrons. The van der Waals surface area contributed by atoms with Gasteiger partial charge in [-0.05, 0) is 25.7 Å². The summed E-state index contributed by atoms with van der Waals surface area (Å²) in [6, 6.07) is 0. The lowest BCUT2D eigenvalue weighted by Crippen LogP contribution is -2.00. The molecule has 0 atom stereocenters. The maximum Gasteiger partial charge on any atom is 0.302 e. The van der Waals surface area contributed by atoms with Gasteiger partial charge >= 0.3 is 5.97 Å². The molecular weight excluding hydrogens is 260 g/mol. The fourth-order valence-corrected chi connectivity index (χ4v) is 2.38. The first-order chi connectivity index (χ1) is 10.3. The lowest BCUT2D eigenvalue weighted by Gasteiger charge is -2.03. The molecule has 0 amide bonds. The van der Waals surface area contributed by atoms with Gasteiger partial charge in [0.2, 0.25) is 0 Å². The minimum atomic E-state index is -0.157. The summed E-state index contributed by atoms with van der Waals surface area (Å²) in [7, 11) is 0. The molecule has 0 rings (SSSR count). The number of carbonyl (C=O) groups excluding carboxylic acids is 1. The van der Waals surface area contributed by atoms with Gasteiger partial charge in [-0.15, -0.1) is 0 Å². The summed E-state index contributed by atoms with van der Waals surface area (Å²) < 4.78 is 4.91. The number of esters is 1. The summed E-state index contributed by atoms with van der Waals surface area (Å²) in [6.07, 6.45) is 21.5. The molecule has 21 heavy (non-hydrogen) atoms. The van der Waals surface area contributed by atoms with Crippen LogP contribution in [0.25, 0.3) is 0 Å². The molecule has 0 aliphatic rings. The first-order valence-corrected chi connectivity index (χ1v) is 9.05. The van der Waals surface area contributed by atoms with E-state index in [0.717, 1.165) is 6.42 Å². The van der Waals surface area contributed by atoms with Gasteiger partial charge in [0.05, 0.1) is 6.61 Å². The van der Waals surface area contributed by atoms with Gasteiger partial charge < -0.3 is 4.74 Å². The maximum atomic E-state index is 10.6. The van der Waals surface area contributed by atoms with Crippen molar-refractivity contribution < 1.29 is 9.53 Å². The Labute approximate surface area is 132 Å². The predicted octanol–water partition coefficient (Wildman–Crippen LogP) is 6.20. The van der Waals surface area contributed by atoms with Crippen LogP contribution in [0.4, 0.5) is 0 Å². The summed E-state index contributed by atoms with van der Waals surface area (Å²) in [5.74, 6) is -0.157. The summed E-state index contributed by atoms with van der Waals surface area (Å²) in [5, 5.41) is 0. The van der Waals surface area contributed by atoms with Crippen molar-refractivity contribution >= 4 is 5.97 Å². The average molecular weight is 296 g/mol. The van der Waals surface area contributed by atoms with Crippen molar-refractivity contribution in [2.45, 2.75) is 97.3 Å². The number of allylic oxidation sites excluding steroid dienone is 2. The molecule has 0 aliphatic carbocycles. The molecule has 2 nitrogen and oxygen atoms in total. The van der Waals surface area contributed by atoms with E-state index in [9.17, 15) is 4.79 Å². The van der Waals surface area contributed by atoms with Gasteiger partial charge in [0.25, 0.3) is 0 Å². The molecule has 0 heterocycles. The Bertz CT molecular complexity index is 246. The lowest BCUT2D eigenvalue weighted by atomic mass is 10.1. The summed E-state index contributed by atoms with van der Waals surface area (Å²) in [6.45, 7) is 4.32. The molecule has 0 unspecified atom stereocenters. The molecule has 0 aromatic heterocycles. The second-order valence-electron chi connectivity index (χ2n) is 5.92. The van der Waals surface area contributed by atoms with Crippen LogP contribution >= 0.6 is 0 Å². The Morgan fingerprint density at radius 3 is 1.76 bits per heavy atom. The maximum absolute atomic E-state index is 10.6. The van der Waals surface area contributed by atoms with Crippen LogP contribution in [0.15, 0.2) is 12.2 Å². The molecule has 124 valence electrons. The van der Waals surface area contributed by atoms with Crippen LogP contribution in [0, 0.1) is 0 Å². The Balaban J connectivity index is 3.02. The molecule has 0 saturated heterocycles. The van der Waals surface area contributed by atoms with Crippen molar-refractivity contribution in [2.75, 3.05) is 6.61 Å². The van der Waals surface area contributed by atoms with Gasteiger partial charge in [0.1, 0.15) is 0 Å². The molecule has 0 bridgehead atoms. The molecular formula is C19H36O2. The first kappa shape index (κ1) is 20.2. The number of hydrogen-bond donors (Lipinski definition) is 0. The average Bonchev–Trinajstić information content (AvgIpc) is 2.46. The van der Waals surface area contributed by atoms with Gasteiger partial charge in [0, 0.05) is 6.92 Å². The van der Waals surface area contributed by atoms with Gasteiger partial charge in [-0.25, -0.2) is 0 Å². The molecule has 2 heteroatoms. The van der Waals surface area contributed by atoms with Crippen molar-refractivity contribution in [2.24, 2.45) is 0 Å². The molecule has 0 aromatic carbocycles. The zero-order chi connectivity index (χ0) is 15.6. The van der Waals surface area contributed by atoms with Crippen molar-refractivity contribution in [3.8, 4) is 0 Å². The Kier molecular flexibility index (Phi) is 16.6. The van der Waals surface area contributed by atoms with Gasteiger partial charge in [0.15, 0.2) is 0 Å². The highest BCUT2D eigenvalue weighted by Crippen LogP contribution is 2.11. The fourth-order valence-electron chi connectivity index (χ4n) is 2.38. The van der Waals surface area contributed by atoms with E-state index in [2.05, 4.69) is 19.1 Å². The smallest absolute Gasteiger partial charge is 0.302 e. The van der Waals surface area contributed by atoms with Crippen LogP contribution in [-0.2, 0) is 9.53 Å². The third-order valence-corrected chi connectivity index (χ3v) is 3.71. The number of rotatable bonds is 15. The van der Waals surface area contributed by atoms with E-state index in [0.29, 0.717) is 6.61 Å². The summed E-state index contributed by atoms with van der Waals surface area (Å²) >= 11 is 0. The SMILES string of the molecule is CCCC/C=C/CCCCCCCCCCCOC(C)=O. The van der Waals surface area contributed by atoms with Crippen molar-refractivity contribution in [1.29, 1.82) is 0 Å². The van der Waals surface area contributed by atoms with Crippen molar-refractivity contribution in [3.63, 3.8) is 0 Å². The van der Waals surface area contributed by atoms with Crippen LogP contribution in [0.1, 0.15) is 97.3 Å². The highest BCUT2D eigenvalue weighted by molar-refractivity contribution is 5.65. The second-order valence-corrected chi connectivity index (χ2v) is 5.92. The minimum Gasteiger partial charge on any atom is -0.466 e. The molecule has 0 aliphatic heterocycles. The van der Waals surface area contributed by atoms with E-state index in [4.69, 9.17) is 4.74 Å². The third-order valence-electron chi connectivity index (χ3n) is 3.71. The largest absolute Gasteiger partial charge is 0.466 e. The van der Waals surface area contributed by atoms with Crippen molar-refractivity contribution in [1.82, 2.24) is 0 Å². The molecule has 0 spiro atoms. The topological polar surface area (TPSA) is 26.3 Å². The highest BCUT2D eigenvalue weighted by Gasteiger charge is 1.94. The Morgan fingerprint density at radius 1 is 0.762 bits per heavy atom. The van der Waals surface area contributed by atoms with Crippen molar-refractivity contribution in [3.05, 3.63) is 12.2 Å². The number of unbranched alkanes of at least 4 members (excludes halogenated alkanes) is 11. The van der Waals surface area contributed by atoms with Gasteiger partial charge in [-0.2, -0.15) is 0 Å². The minimum absolute atomic E-state index is 0.157. The van der Waals surface area contributed by atoms with E-state index in [1.165, 1.54) is 84.0 Å².